The lowest BCUT2D eigenvalue weighted by atomic mass is 9.88. The number of phenols is 1. The first kappa shape index (κ1) is 41.4. The third-order valence-electron chi connectivity index (χ3n) is 13.9. The molecule has 1 atom stereocenters. The summed E-state index contributed by atoms with van der Waals surface area (Å²) in [7, 11) is 0. The Hall–Kier alpha value is -5.94. The van der Waals surface area contributed by atoms with E-state index in [1.54, 1.807) is 17.0 Å². The van der Waals surface area contributed by atoms with Crippen LogP contribution in [-0.4, -0.2) is 126 Å². The number of piperidine rings is 1. The number of aromatic hydroxyl groups is 1. The standard InChI is InChI=1S/C51H58N6O5/c1-2-45(37-6-4-3-5-7-37)49(39-10-15-43(58)16-11-39)38-8-12-41(13-9-38)53-28-30-56(31-29-53)51(62)55-22-20-36(21-23-55)34-52-24-26-54(27-25-52)42-14-18-46-40(32-42)35-57(50(46)61)47-19-17-44(59)33-48(47)60/h3-16,18,32,36,47,58H,2,17,19-31,33-35H2,1H3/b49-45+. The number of carbonyl (C=O) groups is 4. The number of hydrogen-bond acceptors (Lipinski definition) is 8. The van der Waals surface area contributed by atoms with E-state index in [-0.39, 0.29) is 35.7 Å². The molecule has 62 heavy (non-hydrogen) atoms. The smallest absolute Gasteiger partial charge is 0.320 e. The van der Waals surface area contributed by atoms with Crippen LogP contribution in [0.25, 0.3) is 11.1 Å². The van der Waals surface area contributed by atoms with Crippen molar-refractivity contribution in [3.63, 3.8) is 0 Å². The Balaban J connectivity index is 0.731. The Morgan fingerprint density at radius 3 is 1.94 bits per heavy atom. The zero-order chi connectivity index (χ0) is 42.7. The van der Waals surface area contributed by atoms with Gasteiger partial charge in [0, 0.05) is 102 Å². The fraction of sp³-hybridized carbons (Fsp3) is 0.412. The molecule has 4 heterocycles. The largest absolute Gasteiger partial charge is 0.508 e. The van der Waals surface area contributed by atoms with Crippen LogP contribution >= 0.6 is 0 Å². The Morgan fingerprint density at radius 2 is 1.27 bits per heavy atom. The summed E-state index contributed by atoms with van der Waals surface area (Å²) in [5.74, 6) is 0.569. The van der Waals surface area contributed by atoms with E-state index >= 15 is 0 Å². The quantitative estimate of drug-likeness (QED) is 0.140. The lowest BCUT2D eigenvalue weighted by Gasteiger charge is -2.42. The average molecular weight is 835 g/mol. The van der Waals surface area contributed by atoms with Gasteiger partial charge in [0.1, 0.15) is 11.5 Å². The molecule has 11 heteroatoms. The molecular weight excluding hydrogens is 777 g/mol. The van der Waals surface area contributed by atoms with Crippen LogP contribution in [0.15, 0.2) is 97.1 Å². The molecule has 4 fully saturated rings. The number of benzene rings is 4. The summed E-state index contributed by atoms with van der Waals surface area (Å²) < 4.78 is 0. The van der Waals surface area contributed by atoms with Gasteiger partial charge >= 0.3 is 6.03 Å². The van der Waals surface area contributed by atoms with Crippen molar-refractivity contribution >= 4 is 46.0 Å². The minimum absolute atomic E-state index is 0.0285. The highest BCUT2D eigenvalue weighted by Crippen LogP contribution is 2.36. The number of likely N-dealkylation sites (tertiary alicyclic amines) is 1. The summed E-state index contributed by atoms with van der Waals surface area (Å²) in [6.07, 6.45) is 3.65. The van der Waals surface area contributed by atoms with Crippen LogP contribution in [-0.2, 0) is 16.1 Å². The van der Waals surface area contributed by atoms with Gasteiger partial charge in [0.15, 0.2) is 5.78 Å². The number of ketones is 2. The Bertz CT molecular complexity index is 2300. The van der Waals surface area contributed by atoms with Gasteiger partial charge < -0.3 is 29.6 Å². The summed E-state index contributed by atoms with van der Waals surface area (Å²) in [4.78, 5) is 64.4. The molecule has 322 valence electrons. The van der Waals surface area contributed by atoms with Crippen LogP contribution in [0.5, 0.6) is 5.75 Å². The summed E-state index contributed by atoms with van der Waals surface area (Å²) in [5.41, 5.74) is 9.75. The molecule has 11 nitrogen and oxygen atoms in total. The number of carbonyl (C=O) groups excluding carboxylic acids is 4. The fourth-order valence-corrected chi connectivity index (χ4v) is 10.3. The van der Waals surface area contributed by atoms with Crippen molar-refractivity contribution < 1.29 is 24.3 Å². The number of fused-ring (bicyclic) bond motifs is 1. The number of allylic oxidation sites excluding steroid dienone is 1. The summed E-state index contributed by atoms with van der Waals surface area (Å²) >= 11 is 0. The maximum absolute atomic E-state index is 13.7. The van der Waals surface area contributed by atoms with Crippen molar-refractivity contribution in [1.29, 1.82) is 0 Å². The van der Waals surface area contributed by atoms with Gasteiger partial charge in [-0.2, -0.15) is 0 Å². The highest BCUT2D eigenvalue weighted by Gasteiger charge is 2.39. The molecule has 1 saturated carbocycles. The molecule has 1 aliphatic carbocycles. The number of urea groups is 1. The van der Waals surface area contributed by atoms with Crippen molar-refractivity contribution in [2.45, 2.75) is 58.0 Å². The van der Waals surface area contributed by atoms with Crippen LogP contribution in [0, 0.1) is 5.92 Å². The van der Waals surface area contributed by atoms with Gasteiger partial charge in [-0.15, -0.1) is 0 Å². The Labute approximate surface area is 365 Å². The number of hydrogen-bond donors (Lipinski definition) is 1. The van der Waals surface area contributed by atoms with Crippen molar-refractivity contribution in [2.75, 3.05) is 81.8 Å². The average Bonchev–Trinajstić information content (AvgIpc) is 3.64. The van der Waals surface area contributed by atoms with E-state index in [0.717, 1.165) is 106 Å². The predicted octanol–water partition coefficient (Wildman–Crippen LogP) is 7.18. The molecule has 4 aromatic rings. The lowest BCUT2D eigenvalue weighted by molar-refractivity contribution is -0.133. The number of Topliss-reactive ketones (excluding diaryl/α,β-unsaturated/α-hetero) is 2. The number of anilines is 2. The zero-order valence-electron chi connectivity index (χ0n) is 35.9. The van der Waals surface area contributed by atoms with E-state index in [1.807, 2.05) is 35.2 Å². The van der Waals surface area contributed by atoms with Gasteiger partial charge in [0.2, 0.25) is 0 Å². The van der Waals surface area contributed by atoms with Crippen LogP contribution in [0.4, 0.5) is 16.2 Å². The van der Waals surface area contributed by atoms with Crippen LogP contribution < -0.4 is 9.80 Å². The third kappa shape index (κ3) is 8.73. The van der Waals surface area contributed by atoms with Gasteiger partial charge in [-0.1, -0.05) is 61.5 Å². The monoisotopic (exact) mass is 834 g/mol. The second kappa shape index (κ2) is 18.2. The molecule has 0 radical (unpaired) electrons. The number of piperazine rings is 2. The molecular formula is C51H58N6O5. The van der Waals surface area contributed by atoms with E-state index in [1.165, 1.54) is 16.7 Å². The first-order chi connectivity index (χ1) is 30.2. The van der Waals surface area contributed by atoms with Crippen molar-refractivity contribution in [1.82, 2.24) is 19.6 Å². The lowest BCUT2D eigenvalue weighted by Crippen LogP contribution is -2.54. The minimum Gasteiger partial charge on any atom is -0.508 e. The molecule has 0 bridgehead atoms. The van der Waals surface area contributed by atoms with E-state index < -0.39 is 6.04 Å². The zero-order valence-corrected chi connectivity index (χ0v) is 35.9. The number of nitrogens with zero attached hydrogens (tertiary/aromatic N) is 6. The highest BCUT2D eigenvalue weighted by atomic mass is 16.3. The molecule has 4 aromatic carbocycles. The summed E-state index contributed by atoms with van der Waals surface area (Å²) in [6, 6.07) is 32.6. The van der Waals surface area contributed by atoms with Crippen LogP contribution in [0.3, 0.4) is 0 Å². The molecule has 4 aliphatic heterocycles. The number of phenolic OH excluding ortho intramolecular Hbond substituents is 1. The van der Waals surface area contributed by atoms with Crippen LogP contribution in [0.1, 0.15) is 78.1 Å². The second-order valence-electron chi connectivity index (χ2n) is 17.7. The molecule has 0 spiro atoms. The maximum Gasteiger partial charge on any atom is 0.320 e. The van der Waals surface area contributed by atoms with Gasteiger partial charge in [-0.3, -0.25) is 19.3 Å². The second-order valence-corrected chi connectivity index (χ2v) is 17.7. The fourth-order valence-electron chi connectivity index (χ4n) is 10.3. The molecule has 3 saturated heterocycles. The predicted molar refractivity (Wildman–Crippen MR) is 243 cm³/mol. The Kier molecular flexibility index (Phi) is 12.1. The molecule has 1 N–H and O–H groups in total. The van der Waals surface area contributed by atoms with Crippen molar-refractivity contribution in [3.8, 4) is 5.75 Å². The first-order valence-electron chi connectivity index (χ1n) is 22.6. The topological polar surface area (TPSA) is 108 Å². The van der Waals surface area contributed by atoms with Gasteiger partial charge in [0.05, 0.1) is 12.5 Å². The maximum atomic E-state index is 13.7. The minimum atomic E-state index is -0.492. The van der Waals surface area contributed by atoms with E-state index in [9.17, 15) is 24.3 Å². The van der Waals surface area contributed by atoms with Gasteiger partial charge in [0.25, 0.3) is 5.91 Å². The van der Waals surface area contributed by atoms with Crippen LogP contribution in [0.2, 0.25) is 0 Å². The van der Waals surface area contributed by atoms with Crippen molar-refractivity contribution in [2.24, 2.45) is 5.92 Å². The number of rotatable bonds is 9. The van der Waals surface area contributed by atoms with Gasteiger partial charge in [-0.25, -0.2) is 4.79 Å². The number of amides is 3. The Morgan fingerprint density at radius 1 is 0.661 bits per heavy atom. The molecule has 5 aliphatic rings. The molecule has 1 unspecified atom stereocenters. The van der Waals surface area contributed by atoms with Crippen molar-refractivity contribution in [3.05, 3.63) is 125 Å². The normalized spacial score (nSPS) is 20.8. The van der Waals surface area contributed by atoms with E-state index in [4.69, 9.17) is 0 Å². The highest BCUT2D eigenvalue weighted by molar-refractivity contribution is 6.07. The SMILES string of the molecule is CC/C(=C(\c1ccc(O)cc1)c1ccc(N2CCN(C(=O)N3CCC(CN4CCN(c5ccc6c(c5)CN(C5CCC(=O)CC5=O)C6=O)CC4)CC3)CC2)cc1)c1ccccc1. The van der Waals surface area contributed by atoms with E-state index in [2.05, 4.69) is 81.1 Å². The molecule has 9 rings (SSSR count). The third-order valence-corrected chi connectivity index (χ3v) is 13.9. The summed E-state index contributed by atoms with van der Waals surface area (Å²) in [6.45, 7) is 12.1. The molecule has 3 amide bonds. The summed E-state index contributed by atoms with van der Waals surface area (Å²) in [5, 5.41) is 10.0. The first-order valence-corrected chi connectivity index (χ1v) is 22.6. The molecule has 0 aromatic heterocycles. The van der Waals surface area contributed by atoms with Gasteiger partial charge in [-0.05, 0) is 107 Å². The van der Waals surface area contributed by atoms with E-state index in [0.29, 0.717) is 44.0 Å².